The number of amides is 1. The van der Waals surface area contributed by atoms with Crippen molar-refractivity contribution in [3.8, 4) is 0 Å². The summed E-state index contributed by atoms with van der Waals surface area (Å²) in [6.07, 6.45) is 1.90. The Morgan fingerprint density at radius 2 is 1.80 bits per heavy atom. The van der Waals surface area contributed by atoms with Gasteiger partial charge in [-0.15, -0.1) is 0 Å². The Balaban J connectivity index is 2.59. The molecular formula is C17H27N3O4S. The van der Waals surface area contributed by atoms with Crippen molar-refractivity contribution in [2.45, 2.75) is 19.8 Å². The van der Waals surface area contributed by atoms with E-state index in [1.165, 1.54) is 11.2 Å². The van der Waals surface area contributed by atoms with Crippen LogP contribution in [0.1, 0.15) is 30.1 Å². The number of benzene rings is 1. The first-order valence-electron chi connectivity index (χ1n) is 8.10. The Morgan fingerprint density at radius 1 is 1.12 bits per heavy atom. The van der Waals surface area contributed by atoms with Gasteiger partial charge in [0.1, 0.15) is 0 Å². The fraction of sp³-hybridized carbons (Fsp3) is 0.529. The van der Waals surface area contributed by atoms with Crippen molar-refractivity contribution in [3.05, 3.63) is 29.8 Å². The van der Waals surface area contributed by atoms with E-state index in [-0.39, 0.29) is 24.7 Å². The van der Waals surface area contributed by atoms with E-state index in [2.05, 4.69) is 5.32 Å². The van der Waals surface area contributed by atoms with E-state index in [0.717, 1.165) is 12.8 Å². The summed E-state index contributed by atoms with van der Waals surface area (Å²) in [6, 6.07) is 6.66. The number of nitrogens with zero attached hydrogens (tertiary/aromatic N) is 2. The van der Waals surface area contributed by atoms with Crippen LogP contribution in [0.5, 0.6) is 0 Å². The zero-order chi connectivity index (χ0) is 19.0. The van der Waals surface area contributed by atoms with Crippen LogP contribution in [0.25, 0.3) is 0 Å². The van der Waals surface area contributed by atoms with E-state index >= 15 is 0 Å². The predicted octanol–water partition coefficient (Wildman–Crippen LogP) is 1.43. The molecule has 1 aromatic carbocycles. The molecule has 0 spiro atoms. The fourth-order valence-electron chi connectivity index (χ4n) is 2.27. The molecule has 1 rings (SSSR count). The molecule has 7 nitrogen and oxygen atoms in total. The Morgan fingerprint density at radius 3 is 2.36 bits per heavy atom. The second-order valence-electron chi connectivity index (χ2n) is 6.25. The molecule has 140 valence electrons. The van der Waals surface area contributed by atoms with Crippen molar-refractivity contribution in [2.75, 3.05) is 45.3 Å². The van der Waals surface area contributed by atoms with Crippen molar-refractivity contribution < 1.29 is 18.0 Å². The van der Waals surface area contributed by atoms with Gasteiger partial charge in [-0.2, -0.15) is 0 Å². The van der Waals surface area contributed by atoms with Crippen LogP contribution in [-0.4, -0.2) is 69.3 Å². The van der Waals surface area contributed by atoms with Gasteiger partial charge < -0.3 is 10.2 Å². The Kier molecular flexibility index (Phi) is 8.21. The molecular weight excluding hydrogens is 342 g/mol. The largest absolute Gasteiger partial charge is 0.326 e. The summed E-state index contributed by atoms with van der Waals surface area (Å²) < 4.78 is 25.0. The molecule has 0 aliphatic rings. The maximum absolute atomic E-state index is 12.1. The van der Waals surface area contributed by atoms with Crippen molar-refractivity contribution in [2.24, 2.45) is 0 Å². The lowest BCUT2D eigenvalue weighted by atomic mass is 10.1. The summed E-state index contributed by atoms with van der Waals surface area (Å²) in [4.78, 5) is 25.4. The molecule has 0 aromatic heterocycles. The third kappa shape index (κ3) is 8.24. The SMILES string of the molecule is CC(=O)c1cccc(NC(=O)CCN(CCCN(C)C)S(C)(=O)=O)c1. The average molecular weight is 369 g/mol. The monoisotopic (exact) mass is 369 g/mol. The molecule has 0 radical (unpaired) electrons. The highest BCUT2D eigenvalue weighted by Crippen LogP contribution is 2.12. The van der Waals surface area contributed by atoms with Crippen molar-refractivity contribution in [1.82, 2.24) is 9.21 Å². The molecule has 0 saturated carbocycles. The minimum absolute atomic E-state index is 0.0549. The van der Waals surface area contributed by atoms with Crippen LogP contribution in [0.15, 0.2) is 24.3 Å². The minimum Gasteiger partial charge on any atom is -0.326 e. The number of anilines is 1. The van der Waals surface area contributed by atoms with Gasteiger partial charge in [0.15, 0.2) is 5.78 Å². The molecule has 1 amide bonds. The summed E-state index contributed by atoms with van der Waals surface area (Å²) in [5.41, 5.74) is 1.04. The van der Waals surface area contributed by atoms with E-state index in [4.69, 9.17) is 0 Å². The van der Waals surface area contributed by atoms with E-state index in [9.17, 15) is 18.0 Å². The summed E-state index contributed by atoms with van der Waals surface area (Å²) in [5, 5.41) is 2.70. The lowest BCUT2D eigenvalue weighted by Crippen LogP contribution is -2.35. The number of ketones is 1. The van der Waals surface area contributed by atoms with Gasteiger partial charge in [-0.1, -0.05) is 12.1 Å². The molecule has 0 unspecified atom stereocenters. The summed E-state index contributed by atoms with van der Waals surface area (Å²) in [6.45, 7) is 2.74. The predicted molar refractivity (Wildman–Crippen MR) is 99.3 cm³/mol. The summed E-state index contributed by atoms with van der Waals surface area (Å²) in [7, 11) is 0.489. The zero-order valence-electron chi connectivity index (χ0n) is 15.3. The van der Waals surface area contributed by atoms with Crippen molar-refractivity contribution >= 4 is 27.4 Å². The zero-order valence-corrected chi connectivity index (χ0v) is 16.1. The smallest absolute Gasteiger partial charge is 0.225 e. The number of carbonyl (C=O) groups excluding carboxylic acids is 2. The van der Waals surface area contributed by atoms with E-state index in [1.807, 2.05) is 19.0 Å². The quantitative estimate of drug-likeness (QED) is 0.631. The van der Waals surface area contributed by atoms with Gasteiger partial charge in [-0.25, -0.2) is 12.7 Å². The van der Waals surface area contributed by atoms with Crippen LogP contribution in [-0.2, 0) is 14.8 Å². The molecule has 1 aromatic rings. The van der Waals surface area contributed by atoms with E-state index < -0.39 is 10.0 Å². The molecule has 25 heavy (non-hydrogen) atoms. The van der Waals surface area contributed by atoms with Gasteiger partial charge in [0.05, 0.1) is 6.26 Å². The van der Waals surface area contributed by atoms with Crippen LogP contribution in [0.2, 0.25) is 0 Å². The molecule has 0 aliphatic heterocycles. The molecule has 8 heteroatoms. The number of sulfonamides is 1. The number of hydrogen-bond acceptors (Lipinski definition) is 5. The highest BCUT2D eigenvalue weighted by atomic mass is 32.2. The maximum Gasteiger partial charge on any atom is 0.225 e. The Hall–Kier alpha value is -1.77. The van der Waals surface area contributed by atoms with Gasteiger partial charge in [-0.05, 0) is 46.1 Å². The Labute approximate surface area is 150 Å². The highest BCUT2D eigenvalue weighted by Gasteiger charge is 2.17. The van der Waals surface area contributed by atoms with Crippen molar-refractivity contribution in [3.63, 3.8) is 0 Å². The van der Waals surface area contributed by atoms with Gasteiger partial charge in [0.25, 0.3) is 0 Å². The van der Waals surface area contributed by atoms with Gasteiger partial charge >= 0.3 is 0 Å². The first-order chi connectivity index (χ1) is 11.6. The van der Waals surface area contributed by atoms with Crippen LogP contribution < -0.4 is 5.32 Å². The molecule has 0 aliphatic carbocycles. The number of nitrogens with one attached hydrogen (secondary N) is 1. The molecule has 0 bridgehead atoms. The topological polar surface area (TPSA) is 86.8 Å². The molecule has 0 atom stereocenters. The third-order valence-corrected chi connectivity index (χ3v) is 4.93. The normalized spacial score (nSPS) is 11.8. The van der Waals surface area contributed by atoms with E-state index in [1.54, 1.807) is 24.3 Å². The molecule has 0 fully saturated rings. The number of rotatable bonds is 10. The van der Waals surface area contributed by atoms with Gasteiger partial charge in [-0.3, -0.25) is 9.59 Å². The summed E-state index contributed by atoms with van der Waals surface area (Å²) in [5.74, 6) is -0.373. The second-order valence-corrected chi connectivity index (χ2v) is 8.24. The molecule has 0 heterocycles. The first-order valence-corrected chi connectivity index (χ1v) is 9.95. The fourth-order valence-corrected chi connectivity index (χ4v) is 3.16. The Bertz CT molecular complexity index is 702. The van der Waals surface area contributed by atoms with Crippen LogP contribution in [0.3, 0.4) is 0 Å². The third-order valence-electron chi connectivity index (χ3n) is 3.62. The lowest BCUT2D eigenvalue weighted by Gasteiger charge is -2.20. The van der Waals surface area contributed by atoms with Gasteiger partial charge in [0.2, 0.25) is 15.9 Å². The molecule has 1 N–H and O–H groups in total. The number of carbonyl (C=O) groups is 2. The average Bonchev–Trinajstić information content (AvgIpc) is 2.49. The highest BCUT2D eigenvalue weighted by molar-refractivity contribution is 7.88. The van der Waals surface area contributed by atoms with E-state index in [0.29, 0.717) is 24.2 Å². The van der Waals surface area contributed by atoms with Gasteiger partial charge in [0, 0.05) is 30.8 Å². The van der Waals surface area contributed by atoms with Crippen LogP contribution in [0.4, 0.5) is 5.69 Å². The number of hydrogen-bond donors (Lipinski definition) is 1. The van der Waals surface area contributed by atoms with Crippen LogP contribution in [0, 0.1) is 0 Å². The number of Topliss-reactive ketones (excluding diaryl/α,β-unsaturated/α-hetero) is 1. The maximum atomic E-state index is 12.1. The second kappa shape index (κ2) is 9.65. The standard InChI is InChI=1S/C17H27N3O4S/c1-14(21)15-7-5-8-16(13-15)18-17(22)9-12-20(25(4,23)24)11-6-10-19(2)3/h5,7-8,13H,6,9-12H2,1-4H3,(H,18,22). The van der Waals surface area contributed by atoms with Crippen LogP contribution >= 0.6 is 0 Å². The molecule has 0 saturated heterocycles. The lowest BCUT2D eigenvalue weighted by molar-refractivity contribution is -0.116. The minimum atomic E-state index is -3.36. The first kappa shape index (κ1) is 21.3. The summed E-state index contributed by atoms with van der Waals surface area (Å²) >= 11 is 0. The van der Waals surface area contributed by atoms with Crippen molar-refractivity contribution in [1.29, 1.82) is 0 Å².